The molecule has 0 aliphatic heterocycles. The second kappa shape index (κ2) is 9.96. The molecule has 0 atom stereocenters. The van der Waals surface area contributed by atoms with E-state index in [1.807, 2.05) is 6.07 Å². The molecule has 0 radical (unpaired) electrons. The molecule has 0 unspecified atom stereocenters. The highest BCUT2D eigenvalue weighted by atomic mass is 35.5. The zero-order chi connectivity index (χ0) is 21.5. The van der Waals surface area contributed by atoms with Crippen LogP contribution in [0.2, 0.25) is 5.02 Å². The van der Waals surface area contributed by atoms with Crippen LogP contribution in [0.15, 0.2) is 53.9 Å². The lowest BCUT2D eigenvalue weighted by atomic mass is 10.2. The van der Waals surface area contributed by atoms with Crippen molar-refractivity contribution in [1.82, 2.24) is 4.98 Å². The Labute approximate surface area is 181 Å². The average Bonchev–Trinajstić information content (AvgIpc) is 3.24. The lowest BCUT2D eigenvalue weighted by molar-refractivity contribution is -0.121. The van der Waals surface area contributed by atoms with Crippen molar-refractivity contribution in [3.63, 3.8) is 0 Å². The van der Waals surface area contributed by atoms with Gasteiger partial charge in [0.25, 0.3) is 5.91 Å². The van der Waals surface area contributed by atoms with Crippen molar-refractivity contribution in [3.8, 4) is 16.6 Å². The van der Waals surface area contributed by atoms with Gasteiger partial charge < -0.3 is 9.64 Å². The number of para-hydroxylation sites is 1. The van der Waals surface area contributed by atoms with Crippen LogP contribution in [0.3, 0.4) is 0 Å². The van der Waals surface area contributed by atoms with Crippen LogP contribution in [-0.2, 0) is 9.53 Å². The monoisotopic (exact) mass is 443 g/mol. The van der Waals surface area contributed by atoms with E-state index in [0.29, 0.717) is 10.0 Å². The van der Waals surface area contributed by atoms with Crippen molar-refractivity contribution in [3.05, 3.63) is 70.4 Å². The topological polar surface area (TPSA) is 83.3 Å². The molecule has 0 saturated heterocycles. The van der Waals surface area contributed by atoms with Crippen LogP contribution >= 0.6 is 22.9 Å². The number of amides is 1. The maximum Gasteiger partial charge on any atom is 0.358 e. The first-order valence-corrected chi connectivity index (χ1v) is 10.1. The number of rotatable bonds is 7. The first-order valence-electron chi connectivity index (χ1n) is 8.80. The van der Waals surface area contributed by atoms with E-state index in [4.69, 9.17) is 21.6 Å². The fraction of sp³-hybridized carbons (Fsp3) is 0.143. The van der Waals surface area contributed by atoms with Gasteiger partial charge in [0.15, 0.2) is 12.3 Å². The summed E-state index contributed by atoms with van der Waals surface area (Å²) in [4.78, 5) is 30.1. The van der Waals surface area contributed by atoms with Gasteiger partial charge in [-0.25, -0.2) is 14.2 Å². The molecule has 0 aliphatic rings. The van der Waals surface area contributed by atoms with E-state index in [9.17, 15) is 14.0 Å². The number of ether oxygens (including phenoxy) is 1. The number of thiazole rings is 1. The number of benzene rings is 2. The molecule has 30 heavy (non-hydrogen) atoms. The van der Waals surface area contributed by atoms with E-state index in [1.165, 1.54) is 34.9 Å². The molecule has 0 saturated carbocycles. The third-order valence-corrected chi connectivity index (χ3v) is 5.17. The van der Waals surface area contributed by atoms with E-state index >= 15 is 0 Å². The zero-order valence-electron chi connectivity index (χ0n) is 15.5. The summed E-state index contributed by atoms with van der Waals surface area (Å²) in [5, 5.41) is 11.5. The van der Waals surface area contributed by atoms with E-state index in [0.717, 1.165) is 10.5 Å². The number of anilines is 1. The second-order valence-corrected chi connectivity index (χ2v) is 7.32. The Morgan fingerprint density at radius 2 is 1.93 bits per heavy atom. The van der Waals surface area contributed by atoms with Crippen LogP contribution in [0.4, 0.5) is 10.1 Å². The van der Waals surface area contributed by atoms with Gasteiger partial charge in [0.05, 0.1) is 18.2 Å². The molecule has 3 aromatic rings. The Bertz CT molecular complexity index is 1100. The smallest absolute Gasteiger partial charge is 0.358 e. The molecular formula is C21H15ClFN3O3S. The standard InChI is InChI=1S/C21H15ClFN3O3S/c22-15-8-6-14(7-9-15)20-25-17(13-30-20)21(28)29-12-19(27)26(11-3-10-24)18-5-2-1-4-16(18)23/h1-2,4-9,13H,3,11-12H2. The Balaban J connectivity index is 1.67. The van der Waals surface area contributed by atoms with Gasteiger partial charge in [0.1, 0.15) is 10.8 Å². The molecule has 1 heterocycles. The number of carbonyl (C=O) groups is 2. The zero-order valence-corrected chi connectivity index (χ0v) is 17.1. The van der Waals surface area contributed by atoms with Gasteiger partial charge >= 0.3 is 5.97 Å². The molecule has 0 bridgehead atoms. The van der Waals surface area contributed by atoms with Crippen molar-refractivity contribution in [1.29, 1.82) is 5.26 Å². The molecule has 1 amide bonds. The van der Waals surface area contributed by atoms with E-state index in [-0.39, 0.29) is 24.3 Å². The van der Waals surface area contributed by atoms with E-state index < -0.39 is 24.3 Å². The summed E-state index contributed by atoms with van der Waals surface area (Å²) in [5.74, 6) is -2.02. The van der Waals surface area contributed by atoms with Crippen molar-refractivity contribution in [2.75, 3.05) is 18.1 Å². The van der Waals surface area contributed by atoms with Crippen LogP contribution in [0.25, 0.3) is 10.6 Å². The number of hydrogen-bond acceptors (Lipinski definition) is 6. The Hall–Kier alpha value is -3.28. The third kappa shape index (κ3) is 5.20. The predicted molar refractivity (Wildman–Crippen MR) is 112 cm³/mol. The van der Waals surface area contributed by atoms with Crippen LogP contribution in [-0.4, -0.2) is 30.0 Å². The molecule has 0 fully saturated rings. The molecule has 3 rings (SSSR count). The lowest BCUT2D eigenvalue weighted by Crippen LogP contribution is -2.36. The average molecular weight is 444 g/mol. The second-order valence-electron chi connectivity index (χ2n) is 6.03. The molecule has 1 aromatic heterocycles. The fourth-order valence-electron chi connectivity index (χ4n) is 2.58. The van der Waals surface area contributed by atoms with Crippen molar-refractivity contribution < 1.29 is 18.7 Å². The number of carbonyl (C=O) groups excluding carboxylic acids is 2. The van der Waals surface area contributed by atoms with Gasteiger partial charge in [0, 0.05) is 22.5 Å². The van der Waals surface area contributed by atoms with E-state index in [2.05, 4.69) is 4.98 Å². The number of nitriles is 1. The van der Waals surface area contributed by atoms with Crippen LogP contribution in [0.1, 0.15) is 16.9 Å². The number of aromatic nitrogens is 1. The third-order valence-electron chi connectivity index (χ3n) is 4.02. The Kier molecular flexibility index (Phi) is 7.12. The van der Waals surface area contributed by atoms with E-state index in [1.54, 1.807) is 30.3 Å². The highest BCUT2D eigenvalue weighted by Gasteiger charge is 2.21. The summed E-state index contributed by atoms with van der Waals surface area (Å²) in [6.07, 6.45) is 0.00452. The summed E-state index contributed by atoms with van der Waals surface area (Å²) < 4.78 is 19.1. The molecular weight excluding hydrogens is 429 g/mol. The highest BCUT2D eigenvalue weighted by Crippen LogP contribution is 2.25. The maximum absolute atomic E-state index is 14.1. The minimum atomic E-state index is -0.770. The molecule has 152 valence electrons. The van der Waals surface area contributed by atoms with Crippen LogP contribution < -0.4 is 4.90 Å². The van der Waals surface area contributed by atoms with Crippen LogP contribution in [0.5, 0.6) is 0 Å². The van der Waals surface area contributed by atoms with Crippen molar-refractivity contribution >= 4 is 40.5 Å². The summed E-state index contributed by atoms with van der Waals surface area (Å²) in [5.41, 5.74) is 0.876. The first kappa shape index (κ1) is 21.4. The Morgan fingerprint density at radius 3 is 2.63 bits per heavy atom. The van der Waals surface area contributed by atoms with Gasteiger partial charge in [-0.3, -0.25) is 4.79 Å². The number of hydrogen-bond donors (Lipinski definition) is 0. The quantitative estimate of drug-likeness (QED) is 0.494. The first-order chi connectivity index (χ1) is 14.5. The minimum absolute atomic E-state index is 0.00452. The summed E-state index contributed by atoms with van der Waals surface area (Å²) in [6.45, 7) is -0.627. The molecule has 0 N–H and O–H groups in total. The lowest BCUT2D eigenvalue weighted by Gasteiger charge is -2.22. The summed E-state index contributed by atoms with van der Waals surface area (Å²) >= 11 is 7.12. The number of halogens is 2. The molecule has 9 heteroatoms. The molecule has 2 aromatic carbocycles. The fourth-order valence-corrected chi connectivity index (χ4v) is 3.51. The van der Waals surface area contributed by atoms with Crippen LogP contribution in [0, 0.1) is 17.1 Å². The SMILES string of the molecule is N#CCCN(C(=O)COC(=O)c1csc(-c2ccc(Cl)cc2)n1)c1ccccc1F. The van der Waals surface area contributed by atoms with Gasteiger partial charge in [-0.15, -0.1) is 11.3 Å². The maximum atomic E-state index is 14.1. The number of nitrogens with zero attached hydrogens (tertiary/aromatic N) is 3. The van der Waals surface area contributed by atoms with Gasteiger partial charge in [0.2, 0.25) is 0 Å². The molecule has 0 aliphatic carbocycles. The largest absolute Gasteiger partial charge is 0.451 e. The van der Waals surface area contributed by atoms with Crippen molar-refractivity contribution in [2.24, 2.45) is 0 Å². The van der Waals surface area contributed by atoms with Crippen molar-refractivity contribution in [2.45, 2.75) is 6.42 Å². The summed E-state index contributed by atoms with van der Waals surface area (Å²) in [6, 6.07) is 14.6. The van der Waals surface area contributed by atoms with Gasteiger partial charge in [-0.05, 0) is 24.3 Å². The normalized spacial score (nSPS) is 10.3. The predicted octanol–water partition coefficient (Wildman–Crippen LogP) is 4.71. The highest BCUT2D eigenvalue weighted by molar-refractivity contribution is 7.13. The Morgan fingerprint density at radius 1 is 1.20 bits per heavy atom. The summed E-state index contributed by atoms with van der Waals surface area (Å²) in [7, 11) is 0. The minimum Gasteiger partial charge on any atom is -0.451 e. The number of esters is 1. The van der Waals surface area contributed by atoms with Gasteiger partial charge in [-0.1, -0.05) is 35.9 Å². The molecule has 0 spiro atoms. The van der Waals surface area contributed by atoms with Gasteiger partial charge in [-0.2, -0.15) is 5.26 Å². The molecule has 6 nitrogen and oxygen atoms in total.